The van der Waals surface area contributed by atoms with Gasteiger partial charge in [0, 0.05) is 55.1 Å². The van der Waals surface area contributed by atoms with E-state index in [4.69, 9.17) is 0 Å². The van der Waals surface area contributed by atoms with E-state index < -0.39 is 10.8 Å². The minimum Gasteiger partial charge on any atom is -0.309 e. The van der Waals surface area contributed by atoms with Crippen molar-refractivity contribution >= 4 is 43.6 Å². The van der Waals surface area contributed by atoms with Gasteiger partial charge in [-0.3, -0.25) is 0 Å². The maximum absolute atomic E-state index is 2.51. The molecule has 0 N–H and O–H groups in total. The summed E-state index contributed by atoms with van der Waals surface area (Å²) in [6.45, 7) is 9.46. The van der Waals surface area contributed by atoms with Gasteiger partial charge in [0.25, 0.3) is 0 Å². The first-order valence-electron chi connectivity index (χ1n) is 44.8. The summed E-state index contributed by atoms with van der Waals surface area (Å²) in [6.07, 6.45) is 0. The third-order valence-electron chi connectivity index (χ3n) is 28.8. The van der Waals surface area contributed by atoms with E-state index in [2.05, 4.69) is 507 Å². The molecule has 4 aromatic heterocycles. The van der Waals surface area contributed by atoms with Gasteiger partial charge < -0.3 is 18.3 Å². The number of rotatable bonds is 12. The number of hydrogen-bond donors (Lipinski definition) is 0. The highest BCUT2D eigenvalue weighted by molar-refractivity contribution is 6.05. The van der Waals surface area contributed by atoms with Crippen molar-refractivity contribution in [2.45, 2.75) is 49.4 Å². The Hall–Kier alpha value is -15.9. The van der Waals surface area contributed by atoms with Crippen LogP contribution in [0.1, 0.15) is 94.5 Å². The first kappa shape index (κ1) is 74.7. The molecule has 604 valence electrons. The number of hydrogen-bond acceptors (Lipinski definition) is 0. The highest BCUT2D eigenvalue weighted by Crippen LogP contribution is 2.60. The summed E-state index contributed by atoms with van der Waals surface area (Å²) in [6, 6.07) is 172. The number of aromatic nitrogens is 4. The van der Waals surface area contributed by atoms with Crippen LogP contribution in [0.4, 0.5) is 0 Å². The highest BCUT2D eigenvalue weighted by Gasteiger charge is 2.49. The predicted molar refractivity (Wildman–Crippen MR) is 532 cm³/mol. The van der Waals surface area contributed by atoms with Gasteiger partial charge in [-0.2, -0.15) is 0 Å². The summed E-state index contributed by atoms with van der Waals surface area (Å²) in [4.78, 5) is 0. The Kier molecular flexibility index (Phi) is 16.8. The zero-order chi connectivity index (χ0) is 85.1. The van der Waals surface area contributed by atoms with Crippen molar-refractivity contribution in [3.8, 4) is 112 Å². The van der Waals surface area contributed by atoms with Crippen LogP contribution in [-0.4, -0.2) is 18.3 Å². The Morgan fingerprint density at radius 3 is 0.609 bits per heavy atom. The average molecular weight is 1630 g/mol. The van der Waals surface area contributed by atoms with Crippen molar-refractivity contribution < 1.29 is 0 Å². The van der Waals surface area contributed by atoms with Crippen LogP contribution in [0.25, 0.3) is 156 Å². The lowest BCUT2D eigenvalue weighted by atomic mass is 9.67. The lowest BCUT2D eigenvalue weighted by Gasteiger charge is -2.34. The van der Waals surface area contributed by atoms with Gasteiger partial charge in [0.1, 0.15) is 0 Å². The molecule has 4 aliphatic rings. The molecule has 18 aromatic carbocycles. The van der Waals surface area contributed by atoms with Crippen LogP contribution >= 0.6 is 0 Å². The first-order valence-corrected chi connectivity index (χ1v) is 44.8. The molecule has 22 aromatic rings. The molecule has 0 atom stereocenters. The Bertz CT molecular complexity index is 7620. The molecule has 0 spiro atoms. The molecule has 4 heterocycles. The summed E-state index contributed by atoms with van der Waals surface area (Å²) in [5.74, 6) is 0. The first-order chi connectivity index (χ1) is 63.0. The van der Waals surface area contributed by atoms with E-state index in [9.17, 15) is 0 Å². The lowest BCUT2D eigenvalue weighted by Crippen LogP contribution is -2.28. The number of benzene rings is 18. The van der Waals surface area contributed by atoms with E-state index in [0.717, 1.165) is 33.8 Å². The maximum atomic E-state index is 2.51. The van der Waals surface area contributed by atoms with Gasteiger partial charge >= 0.3 is 0 Å². The molecule has 4 nitrogen and oxygen atoms in total. The van der Waals surface area contributed by atoms with E-state index >= 15 is 0 Å². The van der Waals surface area contributed by atoms with Crippen LogP contribution in [0.15, 0.2) is 461 Å². The fraction of sp³-hybridized carbons (Fsp3) is 0.0645. The van der Waals surface area contributed by atoms with Crippen LogP contribution in [-0.2, 0) is 21.7 Å². The van der Waals surface area contributed by atoms with Crippen LogP contribution < -0.4 is 0 Å². The molecular weight excluding hydrogens is 1550 g/mol. The average Bonchev–Trinajstić information content (AvgIpc) is 1.53. The molecule has 4 aliphatic carbocycles. The topological polar surface area (TPSA) is 19.7 Å². The summed E-state index contributed by atoms with van der Waals surface area (Å²) in [5, 5.41) is 4.79. The quantitative estimate of drug-likeness (QED) is 0.116. The lowest BCUT2D eigenvalue weighted by molar-refractivity contribution is 0.659. The van der Waals surface area contributed by atoms with Crippen molar-refractivity contribution in [1.29, 1.82) is 0 Å². The van der Waals surface area contributed by atoms with Crippen LogP contribution in [0.5, 0.6) is 0 Å². The normalized spacial score (nSPS) is 14.0. The molecule has 0 saturated carbocycles. The molecule has 128 heavy (non-hydrogen) atoms. The Morgan fingerprint density at radius 1 is 0.156 bits per heavy atom. The molecule has 0 amide bonds. The van der Waals surface area contributed by atoms with Gasteiger partial charge in [0.15, 0.2) is 0 Å². The molecule has 26 rings (SSSR count). The fourth-order valence-corrected chi connectivity index (χ4v) is 23.0. The summed E-state index contributed by atoms with van der Waals surface area (Å²) >= 11 is 0. The van der Waals surface area contributed by atoms with Crippen LogP contribution in [0.3, 0.4) is 0 Å². The molecule has 0 unspecified atom stereocenters. The smallest absolute Gasteiger partial charge is 0.0714 e. The standard InChI is InChI=1S/C72H48N2.C52H40N2/c1-7-23-49(24-8-1)67-43-51-45-70-52(46-69(51)73(67)57-39-41-61-59-35-19-21-37-63(59)71(65(61)47-57,53-27-11-3-12-28-53)54-29-13-4-14-30-54)44-68(50-25-9-2-10-26-50)74(70)58-40-42-62-60-36-20-22-38-64(60)72(66(62)48-58,55-31-15-5-16-32-55)56-33-17-6-18-34-56;1-51(2)43-21-13-11-19-39(43)41-25-23-37(31-45(41)51)53-47(33-15-7-5-8-16-33)27-35-30-50-36(29-49(35)53)28-48(34-17-9-6-10-18-34)54(50)38-24-26-42-40-20-12-14-22-44(40)52(3,4)46(42)32-38/h1-48H;5-32H,1-4H3. The van der Waals surface area contributed by atoms with Crippen molar-refractivity contribution in [3.05, 3.63) is 528 Å². The Balaban J connectivity index is 0.000000146. The molecule has 0 radical (unpaired) electrons. The van der Waals surface area contributed by atoms with Crippen LogP contribution in [0.2, 0.25) is 0 Å². The molecule has 0 bridgehead atoms. The molecular formula is C124H88N4. The van der Waals surface area contributed by atoms with E-state index in [1.54, 1.807) is 0 Å². The van der Waals surface area contributed by atoms with Gasteiger partial charge in [-0.05, 0) is 231 Å². The van der Waals surface area contributed by atoms with Crippen molar-refractivity contribution in [2.24, 2.45) is 0 Å². The number of fused-ring (bicyclic) bond motifs is 16. The number of nitrogens with zero attached hydrogens (tertiary/aromatic N) is 4. The van der Waals surface area contributed by atoms with Crippen molar-refractivity contribution in [2.75, 3.05) is 0 Å². The van der Waals surface area contributed by atoms with Gasteiger partial charge in [0.05, 0.1) is 55.7 Å². The maximum Gasteiger partial charge on any atom is 0.0714 e. The minimum absolute atomic E-state index is 0.0847. The third-order valence-corrected chi connectivity index (χ3v) is 28.8. The summed E-state index contributed by atoms with van der Waals surface area (Å²) < 4.78 is 9.99. The zero-order valence-electron chi connectivity index (χ0n) is 71.7. The van der Waals surface area contributed by atoms with E-state index in [1.807, 2.05) is 0 Å². The second-order valence-electron chi connectivity index (χ2n) is 36.2. The minimum atomic E-state index is -0.523. The van der Waals surface area contributed by atoms with E-state index in [1.165, 1.54) is 189 Å². The molecule has 0 saturated heterocycles. The van der Waals surface area contributed by atoms with Gasteiger partial charge in [0.2, 0.25) is 0 Å². The van der Waals surface area contributed by atoms with Crippen LogP contribution in [0, 0.1) is 0 Å². The molecule has 0 fully saturated rings. The summed E-state index contributed by atoms with van der Waals surface area (Å²) in [7, 11) is 0. The van der Waals surface area contributed by atoms with Gasteiger partial charge in [-0.15, -0.1) is 0 Å². The zero-order valence-corrected chi connectivity index (χ0v) is 71.7. The fourth-order valence-electron chi connectivity index (χ4n) is 23.0. The van der Waals surface area contributed by atoms with Crippen molar-refractivity contribution in [3.63, 3.8) is 0 Å². The summed E-state index contributed by atoms with van der Waals surface area (Å²) in [5.41, 5.74) is 43.8. The Morgan fingerprint density at radius 2 is 0.352 bits per heavy atom. The van der Waals surface area contributed by atoms with E-state index in [-0.39, 0.29) is 10.8 Å². The highest BCUT2D eigenvalue weighted by atomic mass is 15.0. The largest absolute Gasteiger partial charge is 0.309 e. The van der Waals surface area contributed by atoms with Crippen molar-refractivity contribution in [1.82, 2.24) is 18.3 Å². The second-order valence-corrected chi connectivity index (χ2v) is 36.2. The Labute approximate surface area is 746 Å². The molecule has 0 aliphatic heterocycles. The molecule has 4 heteroatoms. The van der Waals surface area contributed by atoms with E-state index in [0.29, 0.717) is 0 Å². The third kappa shape index (κ3) is 11.1. The van der Waals surface area contributed by atoms with Gasteiger partial charge in [-0.1, -0.05) is 392 Å². The SMILES string of the molecule is CC1(C)c2ccccc2-c2ccc(-n3c(-c4ccccc4)cc4cc5c(cc(-c6ccccc6)n5-c5ccc6c(c5)C(C)(C)c5ccccc5-6)cc43)cc21.c1ccc(-c2cc3cc4c(cc(-c5ccccc5)n4-c4ccc5c(c4)C(c4ccccc4)(c4ccccc4)c4ccccc4-5)cc3n2-c2ccc3c(c2)C(c2ccccc2)(c2ccccc2)c2ccccc2-3)cc1. The predicted octanol–water partition coefficient (Wildman–Crippen LogP) is 31.2. The second kappa shape index (κ2) is 28.8. The monoisotopic (exact) mass is 1630 g/mol. The van der Waals surface area contributed by atoms with Gasteiger partial charge in [-0.25, -0.2) is 0 Å².